The second-order valence-corrected chi connectivity index (χ2v) is 7.61. The van der Waals surface area contributed by atoms with E-state index in [0.717, 1.165) is 30.2 Å². The lowest BCUT2D eigenvalue weighted by Crippen LogP contribution is -2.40. The van der Waals surface area contributed by atoms with Crippen LogP contribution in [-0.2, 0) is 0 Å². The Balaban J connectivity index is 1.70. The fourth-order valence-electron chi connectivity index (χ4n) is 2.98. The molecule has 5 heteroatoms. The van der Waals surface area contributed by atoms with E-state index in [2.05, 4.69) is 20.4 Å². The smallest absolute Gasteiger partial charge is 0.251 e. The van der Waals surface area contributed by atoms with Crippen LogP contribution in [0.2, 0.25) is 0 Å². The van der Waals surface area contributed by atoms with Crippen molar-refractivity contribution < 1.29 is 4.79 Å². The molecule has 1 aromatic heterocycles. The third kappa shape index (κ3) is 4.56. The average molecular weight is 338 g/mol. The molecule has 132 valence electrons. The van der Waals surface area contributed by atoms with Crippen LogP contribution in [0.15, 0.2) is 36.4 Å². The zero-order chi connectivity index (χ0) is 17.9. The van der Waals surface area contributed by atoms with Gasteiger partial charge in [-0.1, -0.05) is 12.1 Å². The lowest BCUT2D eigenvalue weighted by atomic mass is 10.1. The monoisotopic (exact) mass is 338 g/mol. The fraction of sp³-hybridized carbons (Fsp3) is 0.450. The van der Waals surface area contributed by atoms with Gasteiger partial charge in [0.25, 0.3) is 5.91 Å². The summed E-state index contributed by atoms with van der Waals surface area (Å²) >= 11 is 0. The number of carbonyl (C=O) groups excluding carboxylic acids is 1. The van der Waals surface area contributed by atoms with E-state index in [0.29, 0.717) is 5.56 Å². The molecular weight excluding hydrogens is 312 g/mol. The van der Waals surface area contributed by atoms with Crippen molar-refractivity contribution in [3.05, 3.63) is 42.0 Å². The van der Waals surface area contributed by atoms with Gasteiger partial charge in [0.1, 0.15) is 0 Å². The number of piperidine rings is 1. The summed E-state index contributed by atoms with van der Waals surface area (Å²) in [6, 6.07) is 11.5. The molecule has 1 saturated heterocycles. The molecule has 1 aliphatic rings. The summed E-state index contributed by atoms with van der Waals surface area (Å²) in [6.07, 6.45) is 3.75. The van der Waals surface area contributed by atoms with Gasteiger partial charge >= 0.3 is 0 Å². The number of hydrogen-bond acceptors (Lipinski definition) is 4. The fourth-order valence-corrected chi connectivity index (χ4v) is 2.98. The van der Waals surface area contributed by atoms with E-state index in [4.69, 9.17) is 0 Å². The topological polar surface area (TPSA) is 58.1 Å². The van der Waals surface area contributed by atoms with Crippen LogP contribution in [0.3, 0.4) is 0 Å². The number of aromatic nitrogens is 2. The normalized spacial score (nSPS) is 15.1. The van der Waals surface area contributed by atoms with Crippen molar-refractivity contribution in [3.63, 3.8) is 0 Å². The summed E-state index contributed by atoms with van der Waals surface area (Å²) in [5.74, 6) is 0.884. The van der Waals surface area contributed by atoms with E-state index in [9.17, 15) is 4.79 Å². The van der Waals surface area contributed by atoms with Crippen LogP contribution in [0, 0.1) is 0 Å². The highest BCUT2D eigenvalue weighted by atomic mass is 16.1. The van der Waals surface area contributed by atoms with E-state index in [-0.39, 0.29) is 11.4 Å². The molecule has 1 fully saturated rings. The third-order valence-corrected chi connectivity index (χ3v) is 4.26. The molecule has 0 unspecified atom stereocenters. The summed E-state index contributed by atoms with van der Waals surface area (Å²) in [6.45, 7) is 8.04. The number of rotatable bonds is 3. The maximum Gasteiger partial charge on any atom is 0.251 e. The Kier molecular flexibility index (Phi) is 5.02. The highest BCUT2D eigenvalue weighted by Gasteiger charge is 2.16. The Hall–Kier alpha value is -2.43. The molecule has 0 bridgehead atoms. The predicted octanol–water partition coefficient (Wildman–Crippen LogP) is 3.66. The number of nitrogens with one attached hydrogen (secondary N) is 1. The highest BCUT2D eigenvalue weighted by Crippen LogP contribution is 2.21. The van der Waals surface area contributed by atoms with Gasteiger partial charge in [-0.15, -0.1) is 10.2 Å². The van der Waals surface area contributed by atoms with Crippen molar-refractivity contribution in [1.82, 2.24) is 15.5 Å². The van der Waals surface area contributed by atoms with E-state index >= 15 is 0 Å². The van der Waals surface area contributed by atoms with E-state index in [1.807, 2.05) is 57.2 Å². The number of hydrogen-bond donors (Lipinski definition) is 1. The Labute approximate surface area is 149 Å². The highest BCUT2D eigenvalue weighted by molar-refractivity contribution is 5.95. The van der Waals surface area contributed by atoms with Crippen molar-refractivity contribution >= 4 is 11.7 Å². The van der Waals surface area contributed by atoms with Crippen molar-refractivity contribution in [3.8, 4) is 11.3 Å². The molecule has 0 radical (unpaired) electrons. The Morgan fingerprint density at radius 2 is 1.64 bits per heavy atom. The second kappa shape index (κ2) is 7.21. The molecule has 0 aliphatic carbocycles. The zero-order valence-corrected chi connectivity index (χ0v) is 15.2. The molecule has 1 aromatic carbocycles. The first-order chi connectivity index (χ1) is 11.9. The second-order valence-electron chi connectivity index (χ2n) is 7.61. The van der Waals surface area contributed by atoms with Gasteiger partial charge in [-0.25, -0.2) is 0 Å². The number of benzene rings is 1. The lowest BCUT2D eigenvalue weighted by Gasteiger charge is -2.27. The van der Waals surface area contributed by atoms with Crippen LogP contribution in [-0.4, -0.2) is 34.7 Å². The average Bonchev–Trinajstić information content (AvgIpc) is 2.61. The van der Waals surface area contributed by atoms with Gasteiger partial charge in [0.2, 0.25) is 0 Å². The van der Waals surface area contributed by atoms with Crippen LogP contribution >= 0.6 is 0 Å². The first-order valence-electron chi connectivity index (χ1n) is 8.94. The van der Waals surface area contributed by atoms with Gasteiger partial charge in [-0.2, -0.15) is 0 Å². The molecular formula is C20H26N4O. The summed E-state index contributed by atoms with van der Waals surface area (Å²) in [7, 11) is 0. The number of amides is 1. The standard InChI is InChI=1S/C20H26N4O/c1-20(2,3)21-19(25)16-9-7-15(8-10-16)17-11-12-18(23-22-17)24-13-5-4-6-14-24/h7-12H,4-6,13-14H2,1-3H3,(H,21,25). The summed E-state index contributed by atoms with van der Waals surface area (Å²) in [5, 5.41) is 11.7. The largest absolute Gasteiger partial charge is 0.355 e. The third-order valence-electron chi connectivity index (χ3n) is 4.26. The van der Waals surface area contributed by atoms with Crippen molar-refractivity contribution in [1.29, 1.82) is 0 Å². The molecule has 0 saturated carbocycles. The van der Waals surface area contributed by atoms with Gasteiger partial charge in [-0.3, -0.25) is 4.79 Å². The minimum absolute atomic E-state index is 0.0643. The van der Waals surface area contributed by atoms with Crippen LogP contribution in [0.25, 0.3) is 11.3 Å². The van der Waals surface area contributed by atoms with Crippen molar-refractivity contribution in [2.75, 3.05) is 18.0 Å². The maximum absolute atomic E-state index is 12.2. The van der Waals surface area contributed by atoms with Gasteiger partial charge in [0.05, 0.1) is 5.69 Å². The van der Waals surface area contributed by atoms with Crippen molar-refractivity contribution in [2.24, 2.45) is 0 Å². The quantitative estimate of drug-likeness (QED) is 0.928. The molecule has 2 aromatic rings. The molecule has 25 heavy (non-hydrogen) atoms. The molecule has 0 spiro atoms. The molecule has 0 atom stereocenters. The Bertz CT molecular complexity index is 711. The zero-order valence-electron chi connectivity index (χ0n) is 15.2. The first kappa shape index (κ1) is 17.4. The molecule has 3 rings (SSSR count). The first-order valence-corrected chi connectivity index (χ1v) is 8.94. The summed E-state index contributed by atoms with van der Waals surface area (Å²) in [4.78, 5) is 14.5. The number of anilines is 1. The van der Waals surface area contributed by atoms with Crippen LogP contribution in [0.4, 0.5) is 5.82 Å². The van der Waals surface area contributed by atoms with E-state index in [1.165, 1.54) is 19.3 Å². The lowest BCUT2D eigenvalue weighted by molar-refractivity contribution is 0.0919. The van der Waals surface area contributed by atoms with Crippen LogP contribution in [0.5, 0.6) is 0 Å². The molecule has 1 amide bonds. The van der Waals surface area contributed by atoms with Crippen LogP contribution < -0.4 is 10.2 Å². The molecule has 1 N–H and O–H groups in total. The maximum atomic E-state index is 12.2. The Morgan fingerprint density at radius 1 is 0.960 bits per heavy atom. The van der Waals surface area contributed by atoms with E-state index in [1.54, 1.807) is 0 Å². The van der Waals surface area contributed by atoms with Gasteiger partial charge in [0, 0.05) is 29.8 Å². The van der Waals surface area contributed by atoms with Gasteiger partial charge in [-0.05, 0) is 64.3 Å². The van der Waals surface area contributed by atoms with Gasteiger partial charge in [0.15, 0.2) is 5.82 Å². The predicted molar refractivity (Wildman–Crippen MR) is 101 cm³/mol. The minimum Gasteiger partial charge on any atom is -0.355 e. The number of carbonyl (C=O) groups is 1. The SMILES string of the molecule is CC(C)(C)NC(=O)c1ccc(-c2ccc(N3CCCCC3)nn2)cc1. The number of nitrogens with zero attached hydrogens (tertiary/aromatic N) is 3. The van der Waals surface area contributed by atoms with E-state index < -0.39 is 0 Å². The molecule has 1 aliphatic heterocycles. The molecule has 2 heterocycles. The minimum atomic E-state index is -0.245. The summed E-state index contributed by atoms with van der Waals surface area (Å²) in [5.41, 5.74) is 2.19. The Morgan fingerprint density at radius 3 is 2.20 bits per heavy atom. The molecule has 5 nitrogen and oxygen atoms in total. The van der Waals surface area contributed by atoms with Crippen molar-refractivity contribution in [2.45, 2.75) is 45.6 Å². The van der Waals surface area contributed by atoms with Crippen LogP contribution in [0.1, 0.15) is 50.4 Å². The van der Waals surface area contributed by atoms with Gasteiger partial charge < -0.3 is 10.2 Å². The summed E-state index contributed by atoms with van der Waals surface area (Å²) < 4.78 is 0.